The molecule has 0 aliphatic heterocycles. The molecule has 5 heteroatoms. The van der Waals surface area contributed by atoms with E-state index in [0.29, 0.717) is 0 Å². The van der Waals surface area contributed by atoms with Gasteiger partial charge < -0.3 is 0 Å². The molecule has 0 saturated heterocycles. The Morgan fingerprint density at radius 3 is 0.882 bits per heavy atom. The molecule has 0 saturated carbocycles. The van der Waals surface area contributed by atoms with Crippen LogP contribution >= 0.6 is 11.2 Å². The maximum Gasteiger partial charge on any atom is 0.0949 e. The van der Waals surface area contributed by atoms with E-state index in [-0.39, 0.29) is 0 Å². The van der Waals surface area contributed by atoms with E-state index >= 15 is 0 Å². The Labute approximate surface area is 117 Å². The predicted molar refractivity (Wildman–Crippen MR) is 98.5 cm³/mol. The zero-order valence-corrected chi connectivity index (χ0v) is 18.8. The van der Waals surface area contributed by atoms with Gasteiger partial charge in [-0.05, 0) is 5.25 Å². The predicted octanol–water partition coefficient (Wildman–Crippen LogP) is 5.32. The van der Waals surface area contributed by atoms with Crippen molar-refractivity contribution in [2.45, 2.75) is 78.0 Å². The zero-order valence-electron chi connectivity index (χ0n) is 14.0. The molecule has 104 valence electrons. The van der Waals surface area contributed by atoms with Crippen LogP contribution in [-0.2, 0) is 0 Å². The van der Waals surface area contributed by atoms with Gasteiger partial charge in [0, 0.05) is 22.8 Å². The summed E-state index contributed by atoms with van der Waals surface area (Å²) in [4.78, 5) is 0. The molecule has 17 heavy (non-hydrogen) atoms. The lowest BCUT2D eigenvalue weighted by Gasteiger charge is -2.57. The van der Waals surface area contributed by atoms with Gasteiger partial charge in [0.25, 0.3) is 0 Å². The summed E-state index contributed by atoms with van der Waals surface area (Å²) >= 11 is 2.49. The molecular formula is C12H34SSi4. The van der Waals surface area contributed by atoms with Gasteiger partial charge in [-0.2, -0.15) is 11.2 Å². The van der Waals surface area contributed by atoms with Gasteiger partial charge in [0.15, 0.2) is 0 Å². The Kier molecular flexibility index (Phi) is 5.68. The van der Waals surface area contributed by atoms with Crippen molar-refractivity contribution in [3.8, 4) is 0 Å². The summed E-state index contributed by atoms with van der Waals surface area (Å²) in [6.45, 7) is 28.9. The summed E-state index contributed by atoms with van der Waals surface area (Å²) in [5, 5.41) is 0.826. The highest BCUT2D eigenvalue weighted by molar-refractivity contribution is 8.50. The van der Waals surface area contributed by atoms with E-state index in [1.165, 1.54) is 0 Å². The van der Waals surface area contributed by atoms with Gasteiger partial charge in [0.1, 0.15) is 0 Å². The van der Waals surface area contributed by atoms with Gasteiger partial charge in [0.2, 0.25) is 0 Å². The second kappa shape index (κ2) is 5.30. The standard InChI is InChI=1S/C12H34SSi4/c1-12(2)13-17(14(3,4)5,15(6,7)8)16(9,10)11/h12H,1-11H3. The molecule has 0 N–H and O–H groups in total. The molecule has 0 spiro atoms. The molecule has 0 aliphatic rings. The van der Waals surface area contributed by atoms with E-state index < -0.39 is 28.6 Å². The lowest BCUT2D eigenvalue weighted by molar-refractivity contribution is 1.12. The van der Waals surface area contributed by atoms with E-state index in [0.717, 1.165) is 5.25 Å². The summed E-state index contributed by atoms with van der Waals surface area (Å²) in [7, 11) is -3.14. The Morgan fingerprint density at radius 2 is 0.824 bits per heavy atom. The molecule has 0 nitrogen and oxygen atoms in total. The molecule has 0 rings (SSSR count). The SMILES string of the molecule is CC(C)S[Si]([Si](C)(C)C)([Si](C)(C)C)[Si](C)(C)C. The Balaban J connectivity index is 5.93. The minimum absolute atomic E-state index is 0.826. The van der Waals surface area contributed by atoms with E-state index in [4.69, 9.17) is 0 Å². The Hall–Kier alpha value is 1.22. The first kappa shape index (κ1) is 18.2. The highest BCUT2D eigenvalue weighted by atomic mass is 32.4. The van der Waals surface area contributed by atoms with Crippen molar-refractivity contribution >= 4 is 39.8 Å². The quantitative estimate of drug-likeness (QED) is 0.617. The fraction of sp³-hybridized carbons (Fsp3) is 1.00. The van der Waals surface area contributed by atoms with Crippen molar-refractivity contribution in [2.75, 3.05) is 0 Å². The van der Waals surface area contributed by atoms with Crippen LogP contribution in [0.25, 0.3) is 0 Å². The Morgan fingerprint density at radius 1 is 0.588 bits per heavy atom. The molecule has 0 unspecified atom stereocenters. The van der Waals surface area contributed by atoms with E-state index in [2.05, 4.69) is 84.0 Å². The van der Waals surface area contributed by atoms with Gasteiger partial charge in [-0.3, -0.25) is 0 Å². The third-order valence-electron chi connectivity index (χ3n) is 3.58. The first-order valence-electron chi connectivity index (χ1n) is 6.84. The third kappa shape index (κ3) is 3.61. The average molecular weight is 323 g/mol. The summed E-state index contributed by atoms with van der Waals surface area (Å²) in [5.74, 6) is -1.13. The van der Waals surface area contributed by atoms with Crippen molar-refractivity contribution in [1.29, 1.82) is 0 Å². The van der Waals surface area contributed by atoms with Crippen LogP contribution in [0.3, 0.4) is 0 Å². The number of hydrogen-bond acceptors (Lipinski definition) is 1. The third-order valence-corrected chi connectivity index (χ3v) is 92.4. The maximum atomic E-state index is 2.67. The summed E-state index contributed by atoms with van der Waals surface area (Å²) in [5.41, 5.74) is 0. The van der Waals surface area contributed by atoms with Crippen LogP contribution in [0.1, 0.15) is 13.8 Å². The lowest BCUT2D eigenvalue weighted by atomic mass is 10.6. The van der Waals surface area contributed by atoms with Crippen molar-refractivity contribution < 1.29 is 0 Å². The molecule has 0 amide bonds. The highest BCUT2D eigenvalue weighted by Gasteiger charge is 2.62. The normalized spacial score (nSPS) is 15.5. The van der Waals surface area contributed by atoms with Gasteiger partial charge in [0.05, 0.1) is 5.78 Å². The molecule has 0 aliphatic carbocycles. The zero-order chi connectivity index (χ0) is 14.3. The molecule has 0 radical (unpaired) electrons. The first-order valence-corrected chi connectivity index (χ1v) is 23.9. The second-order valence-electron chi connectivity index (χ2n) is 8.60. The number of rotatable bonds is 5. The molecule has 0 fully saturated rings. The molecule has 0 bridgehead atoms. The summed E-state index contributed by atoms with van der Waals surface area (Å²) in [6, 6.07) is 0. The first-order chi connectivity index (χ1) is 7.17. The van der Waals surface area contributed by atoms with Gasteiger partial charge in [-0.1, -0.05) is 72.8 Å². The summed E-state index contributed by atoms with van der Waals surface area (Å²) < 4.78 is 0. The van der Waals surface area contributed by atoms with Gasteiger partial charge in [-0.15, -0.1) is 0 Å². The lowest BCUT2D eigenvalue weighted by Crippen LogP contribution is -2.81. The molecule has 0 heterocycles. The molecule has 0 atom stereocenters. The minimum atomic E-state index is -1.13. The maximum absolute atomic E-state index is 2.67. The van der Waals surface area contributed by atoms with Crippen molar-refractivity contribution in [2.24, 2.45) is 0 Å². The van der Waals surface area contributed by atoms with E-state index in [1.54, 1.807) is 0 Å². The average Bonchev–Trinajstić information content (AvgIpc) is 1.91. The van der Waals surface area contributed by atoms with Gasteiger partial charge >= 0.3 is 0 Å². The van der Waals surface area contributed by atoms with Crippen LogP contribution in [0, 0.1) is 0 Å². The molecule has 0 aromatic rings. The van der Waals surface area contributed by atoms with E-state index in [9.17, 15) is 0 Å². The van der Waals surface area contributed by atoms with Gasteiger partial charge in [-0.25, -0.2) is 0 Å². The smallest absolute Gasteiger partial charge is 0.0949 e. The fourth-order valence-electron chi connectivity index (χ4n) is 4.26. The summed E-state index contributed by atoms with van der Waals surface area (Å²) in [6.07, 6.45) is 0. The highest BCUT2D eigenvalue weighted by Crippen LogP contribution is 2.46. The van der Waals surface area contributed by atoms with Crippen molar-refractivity contribution in [1.82, 2.24) is 0 Å². The minimum Gasteiger partial charge on any atom is -0.191 e. The van der Waals surface area contributed by atoms with Crippen LogP contribution in [0.5, 0.6) is 0 Å². The van der Waals surface area contributed by atoms with Crippen molar-refractivity contribution in [3.63, 3.8) is 0 Å². The molecule has 0 aromatic carbocycles. The van der Waals surface area contributed by atoms with Crippen LogP contribution < -0.4 is 0 Å². The topological polar surface area (TPSA) is 0 Å². The van der Waals surface area contributed by atoms with Crippen LogP contribution in [-0.4, -0.2) is 33.8 Å². The van der Waals surface area contributed by atoms with Crippen molar-refractivity contribution in [3.05, 3.63) is 0 Å². The van der Waals surface area contributed by atoms with E-state index in [1.807, 2.05) is 0 Å². The largest absolute Gasteiger partial charge is 0.191 e. The molecular weight excluding hydrogens is 289 g/mol. The van der Waals surface area contributed by atoms with Crippen LogP contribution in [0.2, 0.25) is 58.9 Å². The van der Waals surface area contributed by atoms with Crippen LogP contribution in [0.15, 0.2) is 0 Å². The number of hydrogen-bond donors (Lipinski definition) is 0. The Bertz CT molecular complexity index is 219. The fourth-order valence-corrected chi connectivity index (χ4v) is 115. The second-order valence-corrected chi connectivity index (χ2v) is 55.2. The van der Waals surface area contributed by atoms with Crippen LogP contribution in [0.4, 0.5) is 0 Å². The molecule has 0 aromatic heterocycles. The monoisotopic (exact) mass is 322 g/mol.